The Balaban J connectivity index is 0. The van der Waals surface area contributed by atoms with Crippen molar-refractivity contribution in [2.75, 3.05) is 6.61 Å². The molecule has 0 heterocycles. The second-order valence-corrected chi connectivity index (χ2v) is 1.52. The van der Waals surface area contributed by atoms with Crippen LogP contribution in [0.1, 0.15) is 6.92 Å². The minimum atomic E-state index is -2.64. The van der Waals surface area contributed by atoms with Crippen LogP contribution in [0.2, 0.25) is 0 Å². The van der Waals surface area contributed by atoms with Crippen molar-refractivity contribution in [1.82, 2.24) is 0 Å². The van der Waals surface area contributed by atoms with E-state index in [4.69, 9.17) is 4.89 Å². The minimum absolute atomic E-state index is 0. The Hall–Kier alpha value is 1.72. The second kappa shape index (κ2) is 7.72. The fraction of sp³-hybridized carbons (Fsp3) is 1.00. The van der Waals surface area contributed by atoms with E-state index in [9.17, 15) is 4.57 Å². The molecule has 0 aromatic rings. The third kappa shape index (κ3) is 11.3. The molecule has 7 heavy (non-hydrogen) atoms. The Bertz CT molecular complexity index is 56.9. The van der Waals surface area contributed by atoms with E-state index in [2.05, 4.69) is 4.52 Å². The molecule has 0 fully saturated rings. The molecule has 0 saturated heterocycles. The van der Waals surface area contributed by atoms with Gasteiger partial charge in [0.05, 0.1) is 6.61 Å². The van der Waals surface area contributed by atoms with Gasteiger partial charge in [-0.2, -0.15) is 0 Å². The molecule has 5 heteroatoms. The average Bonchev–Trinajstić information content (AvgIpc) is 1.35. The predicted octanol–water partition coefficient (Wildman–Crippen LogP) is -0.511. The number of hydrogen-bond acceptors (Lipinski definition) is 2. The molecule has 42 valence electrons. The van der Waals surface area contributed by atoms with Crippen LogP contribution in [0.5, 0.6) is 0 Å². The van der Waals surface area contributed by atoms with Gasteiger partial charge in [0, 0.05) is 0 Å². The molecule has 0 aliphatic carbocycles. The van der Waals surface area contributed by atoms with Gasteiger partial charge in [-0.05, 0) is 6.92 Å². The monoisotopic (exact) mass is 250 g/mol. The van der Waals surface area contributed by atoms with Gasteiger partial charge >= 0.3 is 57.1 Å². The van der Waals surface area contributed by atoms with E-state index >= 15 is 0 Å². The molecule has 0 rings (SSSR count). The summed E-state index contributed by atoms with van der Waals surface area (Å²) in [5.74, 6) is 0. The summed E-state index contributed by atoms with van der Waals surface area (Å²) in [7, 11) is -2.64. The topological polar surface area (TPSA) is 46.5 Å². The molecular weight excluding hydrogens is 240 g/mol. The molecule has 0 spiro atoms. The van der Waals surface area contributed by atoms with Gasteiger partial charge < -0.3 is 9.42 Å². The van der Waals surface area contributed by atoms with E-state index < -0.39 is 8.25 Å². The molecule has 3 nitrogen and oxygen atoms in total. The van der Waals surface area contributed by atoms with E-state index in [1.807, 2.05) is 0 Å². The van der Waals surface area contributed by atoms with Crippen LogP contribution in [-0.2, 0) is 9.09 Å². The zero-order valence-corrected chi connectivity index (χ0v) is 4.47. The average molecular weight is 249 g/mol. The van der Waals surface area contributed by atoms with Crippen molar-refractivity contribution >= 4 is 57.1 Å². The maximum absolute atomic E-state index is 9.56. The van der Waals surface area contributed by atoms with Crippen LogP contribution < -0.4 is 0 Å². The molecule has 1 atom stereocenters. The maximum atomic E-state index is 9.56. The SMILES string of the molecule is CCO[PH](=O)O.[BaH2]. The molecule has 1 unspecified atom stereocenters. The first-order valence-corrected chi connectivity index (χ1v) is 2.89. The van der Waals surface area contributed by atoms with E-state index in [-0.39, 0.29) is 48.9 Å². The molecule has 0 amide bonds. The van der Waals surface area contributed by atoms with Crippen molar-refractivity contribution in [3.05, 3.63) is 0 Å². The molecule has 1 N–H and O–H groups in total. The van der Waals surface area contributed by atoms with Crippen molar-refractivity contribution in [2.24, 2.45) is 0 Å². The van der Waals surface area contributed by atoms with Crippen LogP contribution >= 0.6 is 8.25 Å². The molecule has 0 radical (unpaired) electrons. The summed E-state index contributed by atoms with van der Waals surface area (Å²) in [5.41, 5.74) is 0. The second-order valence-electron chi connectivity index (χ2n) is 0.699. The van der Waals surface area contributed by atoms with Crippen molar-refractivity contribution in [3.63, 3.8) is 0 Å². The normalized spacial score (nSPS) is 12.3. The number of rotatable bonds is 2. The first kappa shape index (κ1) is 11.5. The van der Waals surface area contributed by atoms with E-state index in [0.29, 0.717) is 6.61 Å². The van der Waals surface area contributed by atoms with Gasteiger partial charge in [0.15, 0.2) is 0 Å². The molecule has 0 aromatic carbocycles. The van der Waals surface area contributed by atoms with E-state index in [1.54, 1.807) is 6.92 Å². The predicted molar refractivity (Wildman–Crippen MR) is 31.4 cm³/mol. The summed E-state index contributed by atoms with van der Waals surface area (Å²) >= 11 is 0. The molecule has 0 bridgehead atoms. The quantitative estimate of drug-likeness (QED) is 0.529. The van der Waals surface area contributed by atoms with Gasteiger partial charge in [-0.1, -0.05) is 0 Å². The zero-order valence-electron chi connectivity index (χ0n) is 3.47. The fourth-order valence-electron chi connectivity index (χ4n) is 0.123. The Morgan fingerprint density at radius 3 is 2.29 bits per heavy atom. The summed E-state index contributed by atoms with van der Waals surface area (Å²) in [5, 5.41) is 0. The van der Waals surface area contributed by atoms with Crippen LogP contribution in [0.4, 0.5) is 0 Å². The van der Waals surface area contributed by atoms with Crippen molar-refractivity contribution in [3.8, 4) is 0 Å². The summed E-state index contributed by atoms with van der Waals surface area (Å²) in [4.78, 5) is 7.88. The molecule has 0 saturated carbocycles. The van der Waals surface area contributed by atoms with Crippen LogP contribution in [0.25, 0.3) is 0 Å². The van der Waals surface area contributed by atoms with Gasteiger partial charge in [-0.25, -0.2) is 0 Å². The Morgan fingerprint density at radius 1 is 1.86 bits per heavy atom. The van der Waals surface area contributed by atoms with Crippen LogP contribution in [0.3, 0.4) is 0 Å². The van der Waals surface area contributed by atoms with Gasteiger partial charge in [-0.15, -0.1) is 0 Å². The summed E-state index contributed by atoms with van der Waals surface area (Å²) in [6.45, 7) is 1.98. The van der Waals surface area contributed by atoms with Crippen molar-refractivity contribution in [1.29, 1.82) is 0 Å². The fourth-order valence-corrected chi connectivity index (χ4v) is 0.370. The third-order valence-electron chi connectivity index (χ3n) is 0.268. The molecule has 0 aromatic heterocycles. The standard InChI is InChI=1S/C2H7O3P.Ba.2H/c1-2-5-6(3)4;;;/h6H,2H2,1H3,(H,3,4);;;. The Kier molecular flexibility index (Phi) is 12.7. The zero-order chi connectivity index (χ0) is 4.99. The third-order valence-corrected chi connectivity index (χ3v) is 0.803. The van der Waals surface area contributed by atoms with Crippen LogP contribution in [-0.4, -0.2) is 60.4 Å². The van der Waals surface area contributed by atoms with Crippen molar-refractivity contribution < 1.29 is 14.0 Å². The first-order valence-electron chi connectivity index (χ1n) is 1.63. The summed E-state index contributed by atoms with van der Waals surface area (Å²) in [6.07, 6.45) is 0. The summed E-state index contributed by atoms with van der Waals surface area (Å²) in [6, 6.07) is 0. The van der Waals surface area contributed by atoms with Crippen LogP contribution in [0.15, 0.2) is 0 Å². The van der Waals surface area contributed by atoms with E-state index in [1.165, 1.54) is 0 Å². The molecule has 0 aliphatic rings. The van der Waals surface area contributed by atoms with Crippen LogP contribution in [0, 0.1) is 0 Å². The Labute approximate surface area is 83.5 Å². The van der Waals surface area contributed by atoms with Gasteiger partial charge in [0.2, 0.25) is 0 Å². The van der Waals surface area contributed by atoms with E-state index in [0.717, 1.165) is 0 Å². The van der Waals surface area contributed by atoms with Gasteiger partial charge in [-0.3, -0.25) is 4.57 Å². The Morgan fingerprint density at radius 2 is 2.29 bits per heavy atom. The number of hydrogen-bond donors (Lipinski definition) is 1. The van der Waals surface area contributed by atoms with Gasteiger partial charge in [0.25, 0.3) is 0 Å². The molecular formula is C2H9BaO3P. The van der Waals surface area contributed by atoms with Gasteiger partial charge in [0.1, 0.15) is 0 Å². The van der Waals surface area contributed by atoms with Crippen molar-refractivity contribution in [2.45, 2.75) is 6.92 Å². The molecule has 0 aliphatic heterocycles. The first-order chi connectivity index (χ1) is 2.77. The summed E-state index contributed by atoms with van der Waals surface area (Å²) < 4.78 is 13.7.